The highest BCUT2D eigenvalue weighted by molar-refractivity contribution is 4.71. The van der Waals surface area contributed by atoms with Gasteiger partial charge in [-0.05, 0) is 19.3 Å². The molecule has 0 aromatic carbocycles. The van der Waals surface area contributed by atoms with Crippen LogP contribution in [-0.4, -0.2) is 64.4 Å². The van der Waals surface area contributed by atoms with Crippen molar-refractivity contribution < 1.29 is 14.6 Å². The summed E-state index contributed by atoms with van der Waals surface area (Å²) in [6.07, 6.45) is 2.11. The lowest BCUT2D eigenvalue weighted by Crippen LogP contribution is -2.41. The zero-order chi connectivity index (χ0) is 13.3. The van der Waals surface area contributed by atoms with Crippen molar-refractivity contribution in [2.75, 3.05) is 45.9 Å². The number of hydrogen-bond acceptors (Lipinski definition) is 5. The van der Waals surface area contributed by atoms with Gasteiger partial charge in [0, 0.05) is 32.7 Å². The van der Waals surface area contributed by atoms with Crippen molar-refractivity contribution in [3.05, 3.63) is 0 Å². The molecule has 111 valence electrons. The van der Waals surface area contributed by atoms with Crippen LogP contribution >= 0.6 is 0 Å². The molecule has 6 heteroatoms. The first-order valence-corrected chi connectivity index (χ1v) is 7.38. The summed E-state index contributed by atoms with van der Waals surface area (Å²) in [5, 5.41) is 21.4. The molecular weight excluding hydrogens is 246 g/mol. The Hall–Kier alpha value is -0.240. The van der Waals surface area contributed by atoms with Gasteiger partial charge in [0.1, 0.15) is 6.23 Å². The van der Waals surface area contributed by atoms with Gasteiger partial charge in [-0.2, -0.15) is 0 Å². The van der Waals surface area contributed by atoms with Crippen LogP contribution in [0.5, 0.6) is 0 Å². The number of rotatable bonds is 7. The van der Waals surface area contributed by atoms with E-state index < -0.39 is 6.23 Å². The zero-order valence-electron chi connectivity index (χ0n) is 11.5. The maximum Gasteiger partial charge on any atom is 0.143 e. The van der Waals surface area contributed by atoms with Gasteiger partial charge >= 0.3 is 0 Å². The fourth-order valence-corrected chi connectivity index (χ4v) is 2.45. The summed E-state index contributed by atoms with van der Waals surface area (Å²) in [7, 11) is 0. The predicted molar refractivity (Wildman–Crippen MR) is 71.5 cm³/mol. The van der Waals surface area contributed by atoms with E-state index in [2.05, 4.69) is 16.0 Å². The highest BCUT2D eigenvalue weighted by Crippen LogP contribution is 2.07. The van der Waals surface area contributed by atoms with Gasteiger partial charge in [0.25, 0.3) is 0 Å². The van der Waals surface area contributed by atoms with Crippen molar-refractivity contribution >= 4 is 0 Å². The Balaban J connectivity index is 1.47. The molecule has 3 N–H and O–H groups in total. The average molecular weight is 272 g/mol. The molecule has 0 spiro atoms. The fourth-order valence-electron chi connectivity index (χ4n) is 2.45. The largest absolute Gasteiger partial charge is 0.376 e. The molecule has 2 saturated heterocycles. The summed E-state index contributed by atoms with van der Waals surface area (Å²) in [6, 6.07) is 0. The molecule has 2 heterocycles. The van der Waals surface area contributed by atoms with Crippen LogP contribution < -0.4 is 16.0 Å². The second-order valence-electron chi connectivity index (χ2n) is 5.20. The summed E-state index contributed by atoms with van der Waals surface area (Å²) < 4.78 is 11.2. The van der Waals surface area contributed by atoms with Gasteiger partial charge in [0.05, 0.1) is 25.4 Å². The Morgan fingerprint density at radius 1 is 1.05 bits per heavy atom. The van der Waals surface area contributed by atoms with Crippen molar-refractivity contribution in [2.45, 2.75) is 37.7 Å². The van der Waals surface area contributed by atoms with E-state index in [1.54, 1.807) is 0 Å². The third-order valence-corrected chi connectivity index (χ3v) is 3.60. The lowest BCUT2D eigenvalue weighted by atomic mass is 10.1. The predicted octanol–water partition coefficient (Wildman–Crippen LogP) is -0.520. The molecule has 6 nitrogen and oxygen atoms in total. The normalized spacial score (nSPS) is 30.2. The summed E-state index contributed by atoms with van der Waals surface area (Å²) in [5.41, 5.74) is 0. The number of morpholine rings is 2. The van der Waals surface area contributed by atoms with Crippen LogP contribution in [0.2, 0.25) is 0 Å². The molecule has 0 aromatic heterocycles. The van der Waals surface area contributed by atoms with Gasteiger partial charge in [0.2, 0.25) is 0 Å². The second kappa shape index (κ2) is 8.84. The monoisotopic (exact) mass is 272 g/mol. The highest BCUT2D eigenvalue weighted by atomic mass is 16.5. The minimum Gasteiger partial charge on any atom is -0.376 e. The first kappa shape index (κ1) is 15.2. The minimum absolute atomic E-state index is 0.206. The van der Waals surface area contributed by atoms with E-state index >= 15 is 0 Å². The van der Waals surface area contributed by atoms with Crippen LogP contribution in [0.3, 0.4) is 0 Å². The molecule has 0 bridgehead atoms. The van der Waals surface area contributed by atoms with Gasteiger partial charge < -0.3 is 20.1 Å². The Labute approximate surface area is 115 Å². The summed E-state index contributed by atoms with van der Waals surface area (Å²) in [5.74, 6) is 0. The summed E-state index contributed by atoms with van der Waals surface area (Å²) in [4.78, 5) is 0. The van der Waals surface area contributed by atoms with Crippen LogP contribution in [0.15, 0.2) is 0 Å². The van der Waals surface area contributed by atoms with Crippen molar-refractivity contribution in [2.24, 2.45) is 0 Å². The zero-order valence-corrected chi connectivity index (χ0v) is 11.5. The van der Waals surface area contributed by atoms with Gasteiger partial charge in [-0.3, -0.25) is 5.32 Å². The summed E-state index contributed by atoms with van der Waals surface area (Å²) in [6.45, 7) is 5.88. The average Bonchev–Trinajstić information content (AvgIpc) is 2.47. The molecule has 3 atom stereocenters. The van der Waals surface area contributed by atoms with E-state index in [4.69, 9.17) is 9.47 Å². The highest BCUT2D eigenvalue weighted by Gasteiger charge is 2.17. The fraction of sp³-hybridized carbons (Fsp3) is 1.00. The Morgan fingerprint density at radius 3 is 2.26 bits per heavy atom. The molecule has 1 radical (unpaired) electrons. The topological polar surface area (TPSA) is 74.5 Å². The molecular formula is C13H26N3O3. The van der Waals surface area contributed by atoms with Crippen LogP contribution in [0.25, 0.3) is 0 Å². The van der Waals surface area contributed by atoms with E-state index in [1.807, 2.05) is 0 Å². The number of ether oxygens (including phenoxy) is 2. The van der Waals surface area contributed by atoms with E-state index in [-0.39, 0.29) is 12.2 Å². The molecule has 0 amide bonds. The van der Waals surface area contributed by atoms with Gasteiger partial charge in [-0.25, -0.2) is 5.11 Å². The Morgan fingerprint density at radius 2 is 1.68 bits per heavy atom. The Bertz CT molecular complexity index is 231. The number of hydrogen-bond donors (Lipinski definition) is 3. The minimum atomic E-state index is -0.693. The molecule has 2 aliphatic rings. The van der Waals surface area contributed by atoms with E-state index in [9.17, 15) is 5.11 Å². The summed E-state index contributed by atoms with van der Waals surface area (Å²) >= 11 is 0. The first-order chi connectivity index (χ1) is 9.34. The van der Waals surface area contributed by atoms with Crippen LogP contribution in [0.1, 0.15) is 19.3 Å². The van der Waals surface area contributed by atoms with Crippen LogP contribution in [0.4, 0.5) is 0 Å². The maximum absolute atomic E-state index is 11.8. The van der Waals surface area contributed by atoms with E-state index in [0.717, 1.165) is 58.8 Å². The molecule has 2 aliphatic heterocycles. The third kappa shape index (κ3) is 6.16. The van der Waals surface area contributed by atoms with E-state index in [0.29, 0.717) is 6.42 Å². The lowest BCUT2D eigenvalue weighted by Gasteiger charge is -2.25. The quantitative estimate of drug-likeness (QED) is 0.544. The van der Waals surface area contributed by atoms with Crippen molar-refractivity contribution in [3.8, 4) is 0 Å². The van der Waals surface area contributed by atoms with Crippen molar-refractivity contribution in [1.82, 2.24) is 16.0 Å². The molecule has 0 aliphatic carbocycles. The smallest absolute Gasteiger partial charge is 0.143 e. The molecule has 0 saturated carbocycles. The molecule has 2 fully saturated rings. The molecule has 2 rings (SSSR count). The molecule has 19 heavy (non-hydrogen) atoms. The van der Waals surface area contributed by atoms with Gasteiger partial charge in [0.15, 0.2) is 0 Å². The van der Waals surface area contributed by atoms with Crippen LogP contribution in [-0.2, 0) is 14.6 Å². The lowest BCUT2D eigenvalue weighted by molar-refractivity contribution is -0.00739. The molecule has 3 unspecified atom stereocenters. The van der Waals surface area contributed by atoms with Crippen LogP contribution in [0, 0.1) is 0 Å². The first-order valence-electron chi connectivity index (χ1n) is 7.38. The van der Waals surface area contributed by atoms with Gasteiger partial charge in [-0.1, -0.05) is 0 Å². The Kier molecular flexibility index (Phi) is 7.05. The number of nitrogens with one attached hydrogen (secondary N) is 3. The standard InChI is InChI=1S/C13H26N3O3/c17-13(2-1-11-9-14-5-7-18-11)16-4-3-12-10-15-6-8-19-12/h11-16H,1-10H2. The SMILES string of the molecule is [O]C(CCC1CNCCO1)NCCC1CNCCO1. The van der Waals surface area contributed by atoms with E-state index in [1.165, 1.54) is 0 Å². The van der Waals surface area contributed by atoms with Crippen molar-refractivity contribution in [3.63, 3.8) is 0 Å². The van der Waals surface area contributed by atoms with Gasteiger partial charge in [-0.15, -0.1) is 0 Å². The second-order valence-corrected chi connectivity index (χ2v) is 5.20. The maximum atomic E-state index is 11.8. The third-order valence-electron chi connectivity index (χ3n) is 3.60. The molecule has 0 aromatic rings. The van der Waals surface area contributed by atoms with Crippen molar-refractivity contribution in [1.29, 1.82) is 0 Å².